The van der Waals surface area contributed by atoms with Crippen LogP contribution in [0.1, 0.15) is 10.4 Å². The monoisotopic (exact) mass is 513 g/mol. The first kappa shape index (κ1) is 26.6. The Morgan fingerprint density at radius 2 is 1.57 bits per heavy atom. The highest BCUT2D eigenvalue weighted by atomic mass is 16.5. The third-order valence-corrected chi connectivity index (χ3v) is 6.63. The number of rotatable bonds is 9. The lowest BCUT2D eigenvalue weighted by molar-refractivity contribution is -0.141. The number of carbonyl (C=O) groups is 2. The summed E-state index contributed by atoms with van der Waals surface area (Å²) in [5, 5.41) is 0. The van der Waals surface area contributed by atoms with Gasteiger partial charge in [0, 0.05) is 51.4 Å². The molecule has 2 amide bonds. The third kappa shape index (κ3) is 6.64. The minimum absolute atomic E-state index is 0.0124. The predicted octanol–water partition coefficient (Wildman–Crippen LogP) is 1.78. The van der Waals surface area contributed by atoms with Crippen molar-refractivity contribution in [2.24, 2.45) is 0 Å². The Morgan fingerprint density at radius 1 is 0.892 bits per heavy atom. The van der Waals surface area contributed by atoms with Crippen molar-refractivity contribution < 1.29 is 33.3 Å². The van der Waals surface area contributed by atoms with Gasteiger partial charge in [0.2, 0.25) is 5.75 Å². The molecule has 0 spiro atoms. The fourth-order valence-electron chi connectivity index (χ4n) is 4.62. The van der Waals surface area contributed by atoms with E-state index in [9.17, 15) is 9.59 Å². The normalized spacial score (nSPS) is 18.3. The number of carbonyl (C=O) groups excluding carboxylic acids is 2. The van der Waals surface area contributed by atoms with Gasteiger partial charge in [0.25, 0.3) is 11.8 Å². The Morgan fingerprint density at radius 3 is 2.19 bits per heavy atom. The molecule has 10 heteroatoms. The lowest BCUT2D eigenvalue weighted by atomic mass is 10.1. The average Bonchev–Trinajstić information content (AvgIpc) is 2.95. The number of methoxy groups -OCH3 is 3. The van der Waals surface area contributed by atoms with E-state index in [0.29, 0.717) is 67.9 Å². The molecule has 1 atom stereocenters. The van der Waals surface area contributed by atoms with Gasteiger partial charge in [-0.3, -0.25) is 14.5 Å². The summed E-state index contributed by atoms with van der Waals surface area (Å²) in [5.41, 5.74) is 0.491. The lowest BCUT2D eigenvalue weighted by Crippen LogP contribution is -2.54. The van der Waals surface area contributed by atoms with E-state index in [1.165, 1.54) is 21.3 Å². The van der Waals surface area contributed by atoms with Crippen LogP contribution in [0.5, 0.6) is 23.0 Å². The van der Waals surface area contributed by atoms with Crippen LogP contribution >= 0.6 is 0 Å². The second-order valence-corrected chi connectivity index (χ2v) is 8.94. The summed E-state index contributed by atoms with van der Waals surface area (Å²) in [7, 11) is 4.59. The Balaban J connectivity index is 1.26. The summed E-state index contributed by atoms with van der Waals surface area (Å²) in [6.07, 6.45) is -0.0770. The van der Waals surface area contributed by atoms with Crippen LogP contribution in [0.15, 0.2) is 42.5 Å². The first-order chi connectivity index (χ1) is 18.0. The van der Waals surface area contributed by atoms with Crippen LogP contribution in [0, 0.1) is 0 Å². The molecule has 200 valence electrons. The highest BCUT2D eigenvalue weighted by Crippen LogP contribution is 2.38. The minimum atomic E-state index is -0.0805. The van der Waals surface area contributed by atoms with Crippen molar-refractivity contribution in [3.8, 4) is 23.0 Å². The quantitative estimate of drug-likeness (QED) is 0.501. The van der Waals surface area contributed by atoms with Crippen LogP contribution in [0.3, 0.4) is 0 Å². The highest BCUT2D eigenvalue weighted by Gasteiger charge is 2.29. The summed E-state index contributed by atoms with van der Waals surface area (Å²) in [6, 6.07) is 12.7. The molecule has 2 aromatic carbocycles. The third-order valence-electron chi connectivity index (χ3n) is 6.63. The van der Waals surface area contributed by atoms with Crippen LogP contribution < -0.4 is 18.9 Å². The number of benzene rings is 2. The number of hydrogen-bond acceptors (Lipinski definition) is 8. The van der Waals surface area contributed by atoms with Gasteiger partial charge in [0.1, 0.15) is 5.75 Å². The number of piperazine rings is 1. The van der Waals surface area contributed by atoms with Crippen molar-refractivity contribution in [2.75, 3.05) is 80.4 Å². The van der Waals surface area contributed by atoms with Crippen molar-refractivity contribution in [2.45, 2.75) is 6.10 Å². The van der Waals surface area contributed by atoms with Crippen molar-refractivity contribution in [1.29, 1.82) is 0 Å². The smallest absolute Gasteiger partial charge is 0.260 e. The van der Waals surface area contributed by atoms with Crippen LogP contribution in [0.25, 0.3) is 0 Å². The molecule has 1 unspecified atom stereocenters. The van der Waals surface area contributed by atoms with Crippen LogP contribution in [-0.4, -0.2) is 113 Å². The molecule has 0 aliphatic carbocycles. The van der Waals surface area contributed by atoms with E-state index in [-0.39, 0.29) is 24.5 Å². The lowest BCUT2D eigenvalue weighted by Gasteiger charge is -2.39. The molecule has 0 radical (unpaired) electrons. The van der Waals surface area contributed by atoms with Gasteiger partial charge >= 0.3 is 0 Å². The highest BCUT2D eigenvalue weighted by molar-refractivity contribution is 5.95. The minimum Gasteiger partial charge on any atom is -0.493 e. The molecule has 10 nitrogen and oxygen atoms in total. The Kier molecular flexibility index (Phi) is 9.08. The van der Waals surface area contributed by atoms with E-state index >= 15 is 0 Å². The molecular weight excluding hydrogens is 478 g/mol. The van der Waals surface area contributed by atoms with Gasteiger partial charge in [-0.1, -0.05) is 18.2 Å². The summed E-state index contributed by atoms with van der Waals surface area (Å²) in [5.74, 6) is 1.91. The van der Waals surface area contributed by atoms with Crippen LogP contribution in [0.4, 0.5) is 0 Å². The molecule has 4 rings (SSSR count). The van der Waals surface area contributed by atoms with Crippen molar-refractivity contribution in [3.05, 3.63) is 48.0 Å². The predicted molar refractivity (Wildman–Crippen MR) is 137 cm³/mol. The average molecular weight is 514 g/mol. The number of ether oxygens (including phenoxy) is 5. The van der Waals surface area contributed by atoms with Crippen molar-refractivity contribution >= 4 is 11.8 Å². The van der Waals surface area contributed by atoms with Gasteiger partial charge in [0.15, 0.2) is 18.1 Å². The van der Waals surface area contributed by atoms with Gasteiger partial charge in [-0.2, -0.15) is 0 Å². The fourth-order valence-corrected chi connectivity index (χ4v) is 4.62. The topological polar surface area (TPSA) is 90.0 Å². The Bertz CT molecular complexity index is 1030. The molecule has 2 aromatic rings. The molecule has 0 aromatic heterocycles. The zero-order chi connectivity index (χ0) is 26.2. The second kappa shape index (κ2) is 12.6. The molecule has 2 saturated heterocycles. The summed E-state index contributed by atoms with van der Waals surface area (Å²) >= 11 is 0. The molecular formula is C27H35N3O7. The molecule has 0 saturated carbocycles. The summed E-state index contributed by atoms with van der Waals surface area (Å²) < 4.78 is 27.7. The first-order valence-electron chi connectivity index (χ1n) is 12.4. The van der Waals surface area contributed by atoms with E-state index in [2.05, 4.69) is 4.90 Å². The molecule has 0 bridgehead atoms. The molecule has 2 aliphatic rings. The number of morpholine rings is 1. The van der Waals surface area contributed by atoms with Gasteiger partial charge in [-0.25, -0.2) is 0 Å². The van der Waals surface area contributed by atoms with E-state index < -0.39 is 0 Å². The van der Waals surface area contributed by atoms with Crippen LogP contribution in [-0.2, 0) is 9.53 Å². The maximum Gasteiger partial charge on any atom is 0.260 e. The second-order valence-electron chi connectivity index (χ2n) is 8.94. The van der Waals surface area contributed by atoms with Gasteiger partial charge < -0.3 is 33.5 Å². The number of nitrogens with zero attached hydrogens (tertiary/aromatic N) is 3. The molecule has 2 heterocycles. The maximum absolute atomic E-state index is 13.2. The zero-order valence-electron chi connectivity index (χ0n) is 21.7. The fraction of sp³-hybridized carbons (Fsp3) is 0.481. The van der Waals surface area contributed by atoms with Crippen molar-refractivity contribution in [1.82, 2.24) is 14.7 Å². The summed E-state index contributed by atoms with van der Waals surface area (Å²) in [4.78, 5) is 31.8. The Hall–Kier alpha value is -3.50. The van der Waals surface area contributed by atoms with Gasteiger partial charge in [-0.05, 0) is 24.3 Å². The van der Waals surface area contributed by atoms with E-state index in [1.807, 2.05) is 35.2 Å². The van der Waals surface area contributed by atoms with E-state index in [4.69, 9.17) is 23.7 Å². The molecule has 2 aliphatic heterocycles. The van der Waals surface area contributed by atoms with Gasteiger partial charge in [-0.15, -0.1) is 0 Å². The van der Waals surface area contributed by atoms with Crippen molar-refractivity contribution in [3.63, 3.8) is 0 Å². The van der Waals surface area contributed by atoms with E-state index in [0.717, 1.165) is 13.1 Å². The molecule has 37 heavy (non-hydrogen) atoms. The van der Waals surface area contributed by atoms with Gasteiger partial charge in [0.05, 0.1) is 34.0 Å². The number of para-hydroxylation sites is 1. The molecule has 2 fully saturated rings. The first-order valence-corrected chi connectivity index (χ1v) is 12.4. The largest absolute Gasteiger partial charge is 0.493 e. The summed E-state index contributed by atoms with van der Waals surface area (Å²) in [6.45, 7) is 4.94. The van der Waals surface area contributed by atoms with E-state index in [1.54, 1.807) is 17.0 Å². The SMILES string of the molecule is COc1cc(C(=O)N2CCN(CC3CN(C(=O)COc4ccccc4)CCO3)CC2)cc(OC)c1OC. The zero-order valence-corrected chi connectivity index (χ0v) is 21.7. The number of hydrogen-bond donors (Lipinski definition) is 0. The van der Waals surface area contributed by atoms with Crippen LogP contribution in [0.2, 0.25) is 0 Å². The maximum atomic E-state index is 13.2. The standard InChI is InChI=1S/C27H35N3O7/c1-33-23-15-20(16-24(34-2)26(23)35-3)27(32)29-11-9-28(10-12-29)17-22-18-30(13-14-36-22)25(31)19-37-21-7-5-4-6-8-21/h4-8,15-16,22H,9-14,17-19H2,1-3H3. The molecule has 0 N–H and O–H groups in total. The number of amides is 2. The Labute approximate surface area is 217 Å².